The van der Waals surface area contributed by atoms with Crippen molar-refractivity contribution in [1.82, 2.24) is 29.4 Å². The minimum atomic E-state index is -0.0228. The number of hydrogen-bond acceptors (Lipinski definition) is 5. The lowest BCUT2D eigenvalue weighted by Gasteiger charge is -2.32. The maximum absolute atomic E-state index is 12.9. The molecule has 4 rings (SSSR count). The number of carbonyl (C=O) groups is 1. The number of likely N-dealkylation sites (tertiary alicyclic amines) is 1. The van der Waals surface area contributed by atoms with E-state index in [1.807, 2.05) is 54.8 Å². The Labute approximate surface area is 164 Å². The molecule has 0 spiro atoms. The second-order valence-corrected chi connectivity index (χ2v) is 7.37. The lowest BCUT2D eigenvalue weighted by atomic mass is 9.96. The number of hydrogen-bond donors (Lipinski definition) is 0. The Bertz CT molecular complexity index is 1010. The van der Waals surface area contributed by atoms with E-state index in [9.17, 15) is 4.79 Å². The molecule has 1 atom stereocenters. The van der Waals surface area contributed by atoms with Gasteiger partial charge in [-0.2, -0.15) is 0 Å². The van der Waals surface area contributed by atoms with E-state index in [1.165, 1.54) is 0 Å². The molecule has 0 radical (unpaired) electrons. The van der Waals surface area contributed by atoms with Crippen LogP contribution in [0.2, 0.25) is 0 Å². The van der Waals surface area contributed by atoms with Gasteiger partial charge in [-0.05, 0) is 44.9 Å². The standard InChI is InChI=1S/C21H24N6O/c1-14-6-4-8-17(23-14)21(28)27-10-5-7-16(13-27)19-24-15(2)12-18(25-19)20-22-9-11-26(20)3/h4,6,8-9,11-12,16H,5,7,10,13H2,1-3H3/t16-/m0/s1. The third kappa shape index (κ3) is 3.65. The van der Waals surface area contributed by atoms with Crippen molar-refractivity contribution >= 4 is 5.91 Å². The summed E-state index contributed by atoms with van der Waals surface area (Å²) < 4.78 is 1.95. The summed E-state index contributed by atoms with van der Waals surface area (Å²) in [6.45, 7) is 5.22. The molecule has 1 aliphatic heterocycles. The van der Waals surface area contributed by atoms with Crippen LogP contribution in [-0.4, -0.2) is 48.4 Å². The molecule has 1 aliphatic rings. The smallest absolute Gasteiger partial charge is 0.272 e. The Kier molecular flexibility index (Phi) is 4.90. The zero-order valence-corrected chi connectivity index (χ0v) is 16.5. The van der Waals surface area contributed by atoms with Gasteiger partial charge < -0.3 is 9.47 Å². The average molecular weight is 376 g/mol. The van der Waals surface area contributed by atoms with Crippen molar-refractivity contribution in [1.29, 1.82) is 0 Å². The summed E-state index contributed by atoms with van der Waals surface area (Å²) in [5, 5.41) is 0. The fourth-order valence-corrected chi connectivity index (χ4v) is 3.70. The predicted octanol–water partition coefficient (Wildman–Crippen LogP) is 2.91. The molecule has 7 heteroatoms. The number of carbonyl (C=O) groups excluding carboxylic acids is 1. The van der Waals surface area contributed by atoms with Crippen LogP contribution < -0.4 is 0 Å². The normalized spacial score (nSPS) is 17.0. The highest BCUT2D eigenvalue weighted by Crippen LogP contribution is 2.27. The van der Waals surface area contributed by atoms with Crippen molar-refractivity contribution in [2.45, 2.75) is 32.6 Å². The Morgan fingerprint density at radius 3 is 2.75 bits per heavy atom. The van der Waals surface area contributed by atoms with Gasteiger partial charge in [0.25, 0.3) is 5.91 Å². The van der Waals surface area contributed by atoms with Crippen LogP contribution >= 0.6 is 0 Å². The zero-order valence-electron chi connectivity index (χ0n) is 16.5. The number of piperidine rings is 1. The highest BCUT2D eigenvalue weighted by molar-refractivity contribution is 5.92. The first-order valence-electron chi connectivity index (χ1n) is 9.57. The first-order chi connectivity index (χ1) is 13.5. The molecule has 0 saturated carbocycles. The van der Waals surface area contributed by atoms with Crippen LogP contribution in [0.15, 0.2) is 36.7 Å². The SMILES string of the molecule is Cc1cccc(C(=O)N2CCC[C@H](c3nc(C)cc(-c4nccn4C)n3)C2)n1. The van der Waals surface area contributed by atoms with Crippen LogP contribution in [0.5, 0.6) is 0 Å². The van der Waals surface area contributed by atoms with Gasteiger partial charge >= 0.3 is 0 Å². The number of amides is 1. The molecule has 0 aromatic carbocycles. The highest BCUT2D eigenvalue weighted by Gasteiger charge is 2.28. The fourth-order valence-electron chi connectivity index (χ4n) is 3.70. The van der Waals surface area contributed by atoms with E-state index in [0.717, 1.165) is 48.1 Å². The second-order valence-electron chi connectivity index (χ2n) is 7.37. The molecule has 28 heavy (non-hydrogen) atoms. The van der Waals surface area contributed by atoms with Crippen molar-refractivity contribution < 1.29 is 4.79 Å². The first kappa shape index (κ1) is 18.3. The van der Waals surface area contributed by atoms with E-state index in [1.54, 1.807) is 12.3 Å². The van der Waals surface area contributed by atoms with Gasteiger partial charge in [-0.25, -0.2) is 19.9 Å². The summed E-state index contributed by atoms with van der Waals surface area (Å²) in [5.41, 5.74) is 3.08. The minimum Gasteiger partial charge on any atom is -0.337 e. The summed E-state index contributed by atoms with van der Waals surface area (Å²) in [5.74, 6) is 1.69. The van der Waals surface area contributed by atoms with Gasteiger partial charge in [0, 0.05) is 49.8 Å². The fraction of sp³-hybridized carbons (Fsp3) is 0.381. The molecular weight excluding hydrogens is 352 g/mol. The maximum Gasteiger partial charge on any atom is 0.272 e. The van der Waals surface area contributed by atoms with Gasteiger partial charge in [-0.15, -0.1) is 0 Å². The van der Waals surface area contributed by atoms with E-state index in [-0.39, 0.29) is 11.8 Å². The molecule has 3 aromatic heterocycles. The minimum absolute atomic E-state index is 0.0228. The Hall–Kier alpha value is -3.09. The molecule has 1 fully saturated rings. The van der Waals surface area contributed by atoms with Gasteiger partial charge in [-0.1, -0.05) is 6.07 Å². The molecule has 0 aliphatic carbocycles. The number of nitrogens with zero attached hydrogens (tertiary/aromatic N) is 6. The van der Waals surface area contributed by atoms with Crippen molar-refractivity contribution in [2.75, 3.05) is 13.1 Å². The number of aryl methyl sites for hydroxylation is 3. The van der Waals surface area contributed by atoms with Crippen LogP contribution in [0.1, 0.15) is 46.5 Å². The van der Waals surface area contributed by atoms with Gasteiger partial charge in [-0.3, -0.25) is 4.79 Å². The summed E-state index contributed by atoms with van der Waals surface area (Å²) in [6, 6.07) is 7.50. The number of aromatic nitrogens is 5. The molecule has 0 N–H and O–H groups in total. The molecule has 1 saturated heterocycles. The van der Waals surface area contributed by atoms with Crippen molar-refractivity contribution in [3.8, 4) is 11.5 Å². The molecule has 0 bridgehead atoms. The van der Waals surface area contributed by atoms with Crippen LogP contribution in [0.4, 0.5) is 0 Å². The van der Waals surface area contributed by atoms with Crippen LogP contribution in [0.25, 0.3) is 11.5 Å². The summed E-state index contributed by atoms with van der Waals surface area (Å²) >= 11 is 0. The molecule has 1 amide bonds. The first-order valence-corrected chi connectivity index (χ1v) is 9.57. The van der Waals surface area contributed by atoms with Gasteiger partial charge in [0.1, 0.15) is 17.2 Å². The van der Waals surface area contributed by atoms with E-state index < -0.39 is 0 Å². The van der Waals surface area contributed by atoms with Crippen LogP contribution in [-0.2, 0) is 7.05 Å². The Morgan fingerprint density at radius 2 is 2.00 bits per heavy atom. The van der Waals surface area contributed by atoms with Gasteiger partial charge in [0.2, 0.25) is 0 Å². The Balaban J connectivity index is 1.59. The molecule has 3 aromatic rings. The molecule has 0 unspecified atom stereocenters. The predicted molar refractivity (Wildman–Crippen MR) is 106 cm³/mol. The van der Waals surface area contributed by atoms with Gasteiger partial charge in [0.05, 0.1) is 0 Å². The Morgan fingerprint density at radius 1 is 1.14 bits per heavy atom. The number of rotatable bonds is 3. The van der Waals surface area contributed by atoms with Crippen molar-refractivity contribution in [3.63, 3.8) is 0 Å². The molecule has 4 heterocycles. The van der Waals surface area contributed by atoms with Gasteiger partial charge in [0.15, 0.2) is 5.82 Å². The van der Waals surface area contributed by atoms with Crippen molar-refractivity contribution in [2.24, 2.45) is 7.05 Å². The lowest BCUT2D eigenvalue weighted by molar-refractivity contribution is 0.0698. The summed E-state index contributed by atoms with van der Waals surface area (Å²) in [6.07, 6.45) is 5.57. The van der Waals surface area contributed by atoms with E-state index in [2.05, 4.69) is 15.0 Å². The second kappa shape index (κ2) is 7.50. The van der Waals surface area contributed by atoms with E-state index in [4.69, 9.17) is 4.98 Å². The topological polar surface area (TPSA) is 76.8 Å². The molecule has 144 valence electrons. The van der Waals surface area contributed by atoms with Crippen molar-refractivity contribution in [3.05, 3.63) is 59.6 Å². The number of imidazole rings is 1. The maximum atomic E-state index is 12.9. The van der Waals surface area contributed by atoms with E-state index in [0.29, 0.717) is 12.2 Å². The number of pyridine rings is 1. The monoisotopic (exact) mass is 376 g/mol. The third-order valence-corrected chi connectivity index (χ3v) is 5.10. The van der Waals surface area contributed by atoms with Crippen LogP contribution in [0.3, 0.4) is 0 Å². The largest absolute Gasteiger partial charge is 0.337 e. The third-order valence-electron chi connectivity index (χ3n) is 5.10. The lowest BCUT2D eigenvalue weighted by Crippen LogP contribution is -2.40. The molecular formula is C21H24N6O. The van der Waals surface area contributed by atoms with Crippen LogP contribution in [0, 0.1) is 13.8 Å². The average Bonchev–Trinajstić information content (AvgIpc) is 3.13. The molecule has 7 nitrogen and oxygen atoms in total. The zero-order chi connectivity index (χ0) is 19.7. The quantitative estimate of drug-likeness (QED) is 0.702. The highest BCUT2D eigenvalue weighted by atomic mass is 16.2. The summed E-state index contributed by atoms with van der Waals surface area (Å²) in [4.78, 5) is 33.0. The summed E-state index contributed by atoms with van der Waals surface area (Å²) in [7, 11) is 1.95. The van der Waals surface area contributed by atoms with E-state index >= 15 is 0 Å².